The molecule has 0 bridgehead atoms. The summed E-state index contributed by atoms with van der Waals surface area (Å²) in [6, 6.07) is 16.3. The number of rotatable bonds is 5. The highest BCUT2D eigenvalue weighted by Gasteiger charge is 2.17. The molecule has 0 saturated carbocycles. The third kappa shape index (κ3) is 4.38. The molecule has 0 fully saturated rings. The van der Waals surface area contributed by atoms with Gasteiger partial charge in [-0.15, -0.1) is 0 Å². The van der Waals surface area contributed by atoms with Gasteiger partial charge in [-0.2, -0.15) is 0 Å². The topological polar surface area (TPSA) is 58.0 Å². The van der Waals surface area contributed by atoms with Crippen molar-refractivity contribution < 1.29 is 9.50 Å². The van der Waals surface area contributed by atoms with Crippen LogP contribution in [0.1, 0.15) is 38.1 Å². The zero-order valence-electron chi connectivity index (χ0n) is 17.5. The van der Waals surface area contributed by atoms with Crippen LogP contribution in [0.15, 0.2) is 67.0 Å². The minimum atomic E-state index is -0.896. The fraction of sp³-hybridized carbons (Fsp3) is 0.200. The molecule has 0 aliphatic heterocycles. The fourth-order valence-corrected chi connectivity index (χ4v) is 3.77. The second-order valence-electron chi connectivity index (χ2n) is 8.09. The third-order valence-corrected chi connectivity index (χ3v) is 5.59. The van der Waals surface area contributed by atoms with Gasteiger partial charge in [0.1, 0.15) is 5.82 Å². The first kappa shape index (κ1) is 21.2. The molecule has 0 aliphatic carbocycles. The summed E-state index contributed by atoms with van der Waals surface area (Å²) in [7, 11) is 0. The number of hydrogen-bond acceptors (Lipinski definition) is 4. The first-order valence-electron chi connectivity index (χ1n) is 10.0. The molecule has 4 aromatic rings. The summed E-state index contributed by atoms with van der Waals surface area (Å²) in [6.45, 7) is 5.36. The number of nitrogens with one attached hydrogen (secondary N) is 1. The van der Waals surface area contributed by atoms with Crippen LogP contribution >= 0.6 is 11.6 Å². The van der Waals surface area contributed by atoms with Gasteiger partial charge >= 0.3 is 0 Å². The minimum absolute atomic E-state index is 0.321. The molecule has 1 unspecified atom stereocenters. The van der Waals surface area contributed by atoms with E-state index in [4.69, 9.17) is 11.6 Å². The number of fused-ring (bicyclic) bond motifs is 1. The maximum absolute atomic E-state index is 14.2. The van der Waals surface area contributed by atoms with E-state index in [2.05, 4.69) is 15.3 Å². The first-order chi connectivity index (χ1) is 14.7. The Balaban J connectivity index is 1.74. The molecule has 6 heteroatoms. The minimum Gasteiger partial charge on any atom is -0.386 e. The zero-order chi connectivity index (χ0) is 22.2. The molecule has 0 spiro atoms. The number of benzene rings is 2. The first-order valence-corrected chi connectivity index (χ1v) is 10.4. The summed E-state index contributed by atoms with van der Waals surface area (Å²) in [5, 5.41) is 14.8. The number of nitrogens with zero attached hydrogens (tertiary/aromatic N) is 2. The number of aromatic nitrogens is 2. The summed E-state index contributed by atoms with van der Waals surface area (Å²) in [5.41, 5.74) is 3.71. The Morgan fingerprint density at radius 1 is 1.03 bits per heavy atom. The van der Waals surface area contributed by atoms with Crippen molar-refractivity contribution in [3.8, 4) is 11.1 Å². The van der Waals surface area contributed by atoms with Crippen molar-refractivity contribution in [1.29, 1.82) is 0 Å². The number of halogens is 2. The number of pyridine rings is 2. The molecular formula is C25H23ClFN3O. The molecule has 2 N–H and O–H groups in total. The Kier molecular flexibility index (Phi) is 5.65. The molecule has 31 heavy (non-hydrogen) atoms. The molecule has 1 atom stereocenters. The monoisotopic (exact) mass is 435 g/mol. The number of aliphatic hydroxyl groups is 1. The Morgan fingerprint density at radius 3 is 2.42 bits per heavy atom. The normalized spacial score (nSPS) is 12.7. The molecule has 4 nitrogen and oxygen atoms in total. The maximum Gasteiger partial charge on any atom is 0.146 e. The predicted octanol–water partition coefficient (Wildman–Crippen LogP) is 6.49. The van der Waals surface area contributed by atoms with Crippen LogP contribution in [0.5, 0.6) is 0 Å². The summed E-state index contributed by atoms with van der Waals surface area (Å²) in [5.74, 6) is -0.371. The van der Waals surface area contributed by atoms with Crippen LogP contribution < -0.4 is 5.32 Å². The van der Waals surface area contributed by atoms with Crippen molar-refractivity contribution in [2.45, 2.75) is 32.4 Å². The lowest BCUT2D eigenvalue weighted by molar-refractivity contribution is 0.0786. The molecule has 2 heterocycles. The lowest BCUT2D eigenvalue weighted by Gasteiger charge is -2.19. The van der Waals surface area contributed by atoms with E-state index in [-0.39, 0.29) is 11.9 Å². The molecule has 0 radical (unpaired) electrons. The van der Waals surface area contributed by atoms with Crippen molar-refractivity contribution in [3.05, 3.63) is 89.1 Å². The SMILES string of the molecule is CC(Nc1c(Cl)cnc2ccc(-c3ccc(C(C)(C)O)cc3)cc12)c1ncccc1F. The van der Waals surface area contributed by atoms with Gasteiger partial charge in [-0.3, -0.25) is 9.97 Å². The van der Waals surface area contributed by atoms with Gasteiger partial charge in [-0.05, 0) is 61.7 Å². The highest BCUT2D eigenvalue weighted by atomic mass is 35.5. The number of anilines is 1. The Morgan fingerprint density at radius 2 is 1.74 bits per heavy atom. The van der Waals surface area contributed by atoms with Crippen LogP contribution in [0.25, 0.3) is 22.0 Å². The lowest BCUT2D eigenvalue weighted by atomic mass is 9.95. The lowest BCUT2D eigenvalue weighted by Crippen LogP contribution is -2.14. The van der Waals surface area contributed by atoms with Crippen molar-refractivity contribution in [1.82, 2.24) is 9.97 Å². The Labute approximate surface area is 185 Å². The summed E-state index contributed by atoms with van der Waals surface area (Å²) < 4.78 is 14.2. The molecular weight excluding hydrogens is 413 g/mol. The van der Waals surface area contributed by atoms with E-state index >= 15 is 0 Å². The van der Waals surface area contributed by atoms with Crippen LogP contribution in [0.3, 0.4) is 0 Å². The van der Waals surface area contributed by atoms with Crippen molar-refractivity contribution in [2.75, 3.05) is 5.32 Å². The van der Waals surface area contributed by atoms with Gasteiger partial charge in [0, 0.05) is 17.8 Å². The van der Waals surface area contributed by atoms with Crippen molar-refractivity contribution >= 4 is 28.2 Å². The van der Waals surface area contributed by atoms with E-state index in [9.17, 15) is 9.50 Å². The van der Waals surface area contributed by atoms with E-state index in [0.29, 0.717) is 16.4 Å². The van der Waals surface area contributed by atoms with Crippen LogP contribution in [-0.4, -0.2) is 15.1 Å². The Bertz CT molecular complexity index is 1240. The molecule has 0 amide bonds. The van der Waals surface area contributed by atoms with Gasteiger partial charge in [0.15, 0.2) is 0 Å². The Hall–Kier alpha value is -3.02. The smallest absolute Gasteiger partial charge is 0.146 e. The predicted molar refractivity (Wildman–Crippen MR) is 124 cm³/mol. The molecule has 0 saturated heterocycles. The average Bonchev–Trinajstić information content (AvgIpc) is 2.75. The van der Waals surface area contributed by atoms with Crippen LogP contribution in [0.4, 0.5) is 10.1 Å². The van der Waals surface area contributed by atoms with Crippen molar-refractivity contribution in [2.24, 2.45) is 0 Å². The van der Waals surface area contributed by atoms with E-state index < -0.39 is 5.60 Å². The van der Waals surface area contributed by atoms with Gasteiger partial charge in [0.05, 0.1) is 33.6 Å². The van der Waals surface area contributed by atoms with Crippen LogP contribution in [0.2, 0.25) is 5.02 Å². The fourth-order valence-electron chi connectivity index (χ4n) is 3.57. The quantitative estimate of drug-likeness (QED) is 0.376. The summed E-state index contributed by atoms with van der Waals surface area (Å²) in [4.78, 5) is 8.59. The van der Waals surface area contributed by atoms with Gasteiger partial charge in [0.25, 0.3) is 0 Å². The molecule has 0 aliphatic rings. The highest BCUT2D eigenvalue weighted by Crippen LogP contribution is 2.35. The van der Waals surface area contributed by atoms with Gasteiger partial charge in [-0.1, -0.05) is 41.9 Å². The van der Waals surface area contributed by atoms with Gasteiger partial charge < -0.3 is 10.4 Å². The summed E-state index contributed by atoms with van der Waals surface area (Å²) in [6.07, 6.45) is 3.16. The van der Waals surface area contributed by atoms with Crippen LogP contribution in [-0.2, 0) is 5.60 Å². The molecule has 2 aromatic heterocycles. The number of hydrogen-bond donors (Lipinski definition) is 2. The second kappa shape index (κ2) is 8.25. The molecule has 2 aromatic carbocycles. The largest absolute Gasteiger partial charge is 0.386 e. The van der Waals surface area contributed by atoms with E-state index in [1.807, 2.05) is 49.4 Å². The standard InChI is InChI=1S/C25H23ClFN3O/c1-15(23-21(27)5-4-12-28-23)30-24-19-13-17(8-11-22(19)29-14-20(24)26)16-6-9-18(10-7-16)25(2,3)31/h4-15,31H,1-3H3,(H,29,30). The second-order valence-corrected chi connectivity index (χ2v) is 8.49. The van der Waals surface area contributed by atoms with E-state index in [0.717, 1.165) is 27.6 Å². The van der Waals surface area contributed by atoms with Gasteiger partial charge in [-0.25, -0.2) is 4.39 Å². The molecule has 158 valence electrons. The van der Waals surface area contributed by atoms with Crippen LogP contribution in [0, 0.1) is 5.82 Å². The maximum atomic E-state index is 14.2. The molecule has 4 rings (SSSR count). The van der Waals surface area contributed by atoms with E-state index in [1.54, 1.807) is 32.3 Å². The average molecular weight is 436 g/mol. The third-order valence-electron chi connectivity index (χ3n) is 5.30. The van der Waals surface area contributed by atoms with Crippen molar-refractivity contribution in [3.63, 3.8) is 0 Å². The zero-order valence-corrected chi connectivity index (χ0v) is 18.3. The summed E-state index contributed by atoms with van der Waals surface area (Å²) >= 11 is 6.48. The van der Waals surface area contributed by atoms with E-state index in [1.165, 1.54) is 6.07 Å². The van der Waals surface area contributed by atoms with Gasteiger partial charge in [0.2, 0.25) is 0 Å². The highest BCUT2D eigenvalue weighted by molar-refractivity contribution is 6.34.